The Kier molecular flexibility index (Phi) is 8.94. The summed E-state index contributed by atoms with van der Waals surface area (Å²) in [7, 11) is 0. The second-order valence-electron chi connectivity index (χ2n) is 8.59. The molecule has 184 valence electrons. The van der Waals surface area contributed by atoms with Crippen LogP contribution in [0.3, 0.4) is 0 Å². The molecular formula is C24H32N4O6. The molecule has 0 spiro atoms. The van der Waals surface area contributed by atoms with E-state index in [-0.39, 0.29) is 13.1 Å². The third-order valence-corrected chi connectivity index (χ3v) is 5.96. The molecule has 2 aromatic carbocycles. The maximum atomic E-state index is 10.9. The summed E-state index contributed by atoms with van der Waals surface area (Å²) in [6.07, 6.45) is 4.29. The van der Waals surface area contributed by atoms with Gasteiger partial charge in [0, 0.05) is 0 Å². The van der Waals surface area contributed by atoms with Crippen molar-refractivity contribution in [2.24, 2.45) is 23.3 Å². The minimum absolute atomic E-state index is 0.0302. The van der Waals surface area contributed by atoms with Gasteiger partial charge in [-0.2, -0.15) is 0 Å². The molecule has 1 aliphatic rings. The zero-order chi connectivity index (χ0) is 24.5. The number of hydrogen-bond donors (Lipinski definition) is 4. The topological polar surface area (TPSA) is 152 Å². The van der Waals surface area contributed by atoms with Crippen LogP contribution in [0.1, 0.15) is 36.8 Å². The van der Waals surface area contributed by atoms with E-state index in [4.69, 9.17) is 20.9 Å². The van der Waals surface area contributed by atoms with Gasteiger partial charge in [0.05, 0.1) is 26.3 Å². The van der Waals surface area contributed by atoms with Gasteiger partial charge >= 0.3 is 12.1 Å². The number of amides is 4. The SMILES string of the molecule is NC(=O)N(O)Cc1ccc(OC[C@H]2CC[C@H](COc3ccc(CN(O)C(N)=O)cc3)CC2)cc1. The first-order valence-corrected chi connectivity index (χ1v) is 11.3. The van der Waals surface area contributed by atoms with Gasteiger partial charge in [0.2, 0.25) is 0 Å². The number of carbonyl (C=O) groups is 2. The summed E-state index contributed by atoms with van der Waals surface area (Å²) in [6, 6.07) is 12.7. The van der Waals surface area contributed by atoms with Crippen LogP contribution in [-0.4, -0.2) is 45.8 Å². The molecule has 4 amide bonds. The molecule has 1 saturated carbocycles. The van der Waals surface area contributed by atoms with E-state index in [2.05, 4.69) is 0 Å². The molecule has 0 radical (unpaired) electrons. The largest absolute Gasteiger partial charge is 0.493 e. The molecule has 10 heteroatoms. The molecule has 2 aromatic rings. The lowest BCUT2D eigenvalue weighted by Gasteiger charge is -2.28. The van der Waals surface area contributed by atoms with E-state index in [0.29, 0.717) is 35.2 Å². The highest BCUT2D eigenvalue weighted by atomic mass is 16.5. The first-order valence-electron chi connectivity index (χ1n) is 11.3. The number of primary amides is 2. The molecule has 0 aliphatic heterocycles. The third-order valence-electron chi connectivity index (χ3n) is 5.96. The van der Waals surface area contributed by atoms with Crippen molar-refractivity contribution in [3.05, 3.63) is 59.7 Å². The van der Waals surface area contributed by atoms with E-state index < -0.39 is 12.1 Å². The Labute approximate surface area is 198 Å². The Morgan fingerprint density at radius 3 is 1.32 bits per heavy atom. The quantitative estimate of drug-likeness (QED) is 0.307. The third kappa shape index (κ3) is 7.82. The second kappa shape index (κ2) is 12.1. The van der Waals surface area contributed by atoms with Crippen LogP contribution in [0.2, 0.25) is 0 Å². The second-order valence-corrected chi connectivity index (χ2v) is 8.59. The van der Waals surface area contributed by atoms with Crippen LogP contribution in [0.15, 0.2) is 48.5 Å². The lowest BCUT2D eigenvalue weighted by Crippen LogP contribution is -2.31. The standard InChI is InChI=1S/C24H32N4O6/c25-23(29)27(31)13-17-5-9-21(10-6-17)33-15-19-1-2-20(4-3-19)16-34-22-11-7-18(8-12-22)14-28(32)24(26)30/h5-12,19-20,31-32H,1-4,13-16H2,(H2,25,29)(H2,26,30)/t19-,20-. The molecule has 0 heterocycles. The molecule has 10 nitrogen and oxygen atoms in total. The Bertz CT molecular complexity index is 852. The van der Waals surface area contributed by atoms with Gasteiger partial charge in [0.25, 0.3) is 0 Å². The van der Waals surface area contributed by atoms with Crippen molar-refractivity contribution < 1.29 is 29.5 Å². The van der Waals surface area contributed by atoms with Gasteiger partial charge in [-0.1, -0.05) is 24.3 Å². The summed E-state index contributed by atoms with van der Waals surface area (Å²) in [5.74, 6) is 2.48. The van der Waals surface area contributed by atoms with Crippen LogP contribution in [0.4, 0.5) is 9.59 Å². The molecule has 1 aliphatic carbocycles. The van der Waals surface area contributed by atoms with Gasteiger partial charge in [0.1, 0.15) is 11.5 Å². The predicted octanol–water partition coefficient (Wildman–Crippen LogP) is 3.49. The Morgan fingerprint density at radius 1 is 0.706 bits per heavy atom. The lowest BCUT2D eigenvalue weighted by atomic mass is 9.83. The molecule has 0 unspecified atom stereocenters. The van der Waals surface area contributed by atoms with Crippen LogP contribution in [0.25, 0.3) is 0 Å². The minimum atomic E-state index is -0.893. The van der Waals surface area contributed by atoms with E-state index >= 15 is 0 Å². The van der Waals surface area contributed by atoms with Crippen LogP contribution in [0.5, 0.6) is 11.5 Å². The average molecular weight is 473 g/mol. The van der Waals surface area contributed by atoms with E-state index in [1.165, 1.54) is 0 Å². The monoisotopic (exact) mass is 472 g/mol. The van der Waals surface area contributed by atoms with Gasteiger partial charge in [-0.25, -0.2) is 19.7 Å². The van der Waals surface area contributed by atoms with Crippen molar-refractivity contribution in [1.82, 2.24) is 10.1 Å². The maximum Gasteiger partial charge on any atom is 0.338 e. The summed E-state index contributed by atoms with van der Waals surface area (Å²) in [4.78, 5) is 21.8. The fourth-order valence-electron chi connectivity index (χ4n) is 3.88. The van der Waals surface area contributed by atoms with Gasteiger partial charge in [-0.05, 0) is 72.9 Å². The first-order chi connectivity index (χ1) is 16.3. The van der Waals surface area contributed by atoms with Crippen molar-refractivity contribution in [2.75, 3.05) is 13.2 Å². The molecular weight excluding hydrogens is 440 g/mol. The van der Waals surface area contributed by atoms with Crippen molar-refractivity contribution in [3.8, 4) is 11.5 Å². The van der Waals surface area contributed by atoms with Crippen molar-refractivity contribution >= 4 is 12.1 Å². The zero-order valence-electron chi connectivity index (χ0n) is 19.0. The summed E-state index contributed by atoms with van der Waals surface area (Å²) in [5, 5.41) is 19.7. The van der Waals surface area contributed by atoms with Gasteiger partial charge in [-0.3, -0.25) is 10.4 Å². The van der Waals surface area contributed by atoms with Gasteiger partial charge in [0.15, 0.2) is 0 Å². The first kappa shape index (κ1) is 25.1. The number of benzene rings is 2. The highest BCUT2D eigenvalue weighted by Crippen LogP contribution is 2.30. The summed E-state index contributed by atoms with van der Waals surface area (Å²) >= 11 is 0. The number of carbonyl (C=O) groups excluding carboxylic acids is 2. The Morgan fingerprint density at radius 2 is 1.03 bits per heavy atom. The molecule has 0 saturated heterocycles. The number of urea groups is 2. The number of hydrogen-bond acceptors (Lipinski definition) is 6. The average Bonchev–Trinajstić information content (AvgIpc) is 2.83. The van der Waals surface area contributed by atoms with E-state index in [9.17, 15) is 20.0 Å². The van der Waals surface area contributed by atoms with Crippen molar-refractivity contribution in [2.45, 2.75) is 38.8 Å². The fraction of sp³-hybridized carbons (Fsp3) is 0.417. The van der Waals surface area contributed by atoms with Gasteiger partial charge in [-0.15, -0.1) is 0 Å². The summed E-state index contributed by atoms with van der Waals surface area (Å²) in [5.41, 5.74) is 11.5. The Balaban J connectivity index is 1.34. The molecule has 0 bridgehead atoms. The Hall–Kier alpha value is -3.50. The maximum absolute atomic E-state index is 10.9. The summed E-state index contributed by atoms with van der Waals surface area (Å²) < 4.78 is 11.8. The van der Waals surface area contributed by atoms with E-state index in [1.54, 1.807) is 24.3 Å². The molecule has 34 heavy (non-hydrogen) atoms. The highest BCUT2D eigenvalue weighted by molar-refractivity contribution is 5.70. The van der Waals surface area contributed by atoms with E-state index in [1.807, 2.05) is 24.3 Å². The predicted molar refractivity (Wildman–Crippen MR) is 123 cm³/mol. The van der Waals surface area contributed by atoms with Crippen molar-refractivity contribution in [3.63, 3.8) is 0 Å². The number of nitrogens with two attached hydrogens (primary N) is 2. The number of hydroxylamine groups is 4. The molecule has 0 aromatic heterocycles. The van der Waals surface area contributed by atoms with Crippen LogP contribution < -0.4 is 20.9 Å². The lowest BCUT2D eigenvalue weighted by molar-refractivity contribution is -0.0470. The smallest absolute Gasteiger partial charge is 0.338 e. The minimum Gasteiger partial charge on any atom is -0.493 e. The fourth-order valence-corrected chi connectivity index (χ4v) is 3.88. The number of nitrogens with zero attached hydrogens (tertiary/aromatic N) is 2. The highest BCUT2D eigenvalue weighted by Gasteiger charge is 2.22. The number of ether oxygens (including phenoxy) is 2. The van der Waals surface area contributed by atoms with Gasteiger partial charge < -0.3 is 20.9 Å². The van der Waals surface area contributed by atoms with Crippen molar-refractivity contribution in [1.29, 1.82) is 0 Å². The molecule has 6 N–H and O–H groups in total. The van der Waals surface area contributed by atoms with Crippen LogP contribution in [0, 0.1) is 11.8 Å². The normalized spacial score (nSPS) is 17.6. The molecule has 1 fully saturated rings. The molecule has 3 rings (SSSR count). The van der Waals surface area contributed by atoms with E-state index in [0.717, 1.165) is 48.3 Å². The molecule has 0 atom stereocenters. The summed E-state index contributed by atoms with van der Waals surface area (Å²) in [6.45, 7) is 1.36. The number of rotatable bonds is 10. The van der Waals surface area contributed by atoms with Crippen LogP contribution >= 0.6 is 0 Å². The van der Waals surface area contributed by atoms with Crippen LogP contribution in [-0.2, 0) is 13.1 Å². The zero-order valence-corrected chi connectivity index (χ0v) is 19.0.